The van der Waals surface area contributed by atoms with E-state index in [0.717, 1.165) is 24.1 Å². The van der Waals surface area contributed by atoms with Gasteiger partial charge < -0.3 is 10.0 Å². The van der Waals surface area contributed by atoms with E-state index in [1.807, 2.05) is 49.1 Å². The van der Waals surface area contributed by atoms with Crippen molar-refractivity contribution < 1.29 is 9.90 Å². The van der Waals surface area contributed by atoms with Crippen LogP contribution in [-0.4, -0.2) is 35.1 Å². The van der Waals surface area contributed by atoms with Gasteiger partial charge in [-0.15, -0.1) is 0 Å². The second-order valence-electron chi connectivity index (χ2n) is 5.78. The van der Waals surface area contributed by atoms with Crippen molar-refractivity contribution in [3.8, 4) is 0 Å². The maximum absolute atomic E-state index is 12.4. The molecule has 1 aromatic rings. The molecule has 3 heteroatoms. The number of benzene rings is 1. The van der Waals surface area contributed by atoms with Crippen LogP contribution >= 0.6 is 0 Å². The predicted octanol–water partition coefficient (Wildman–Crippen LogP) is 2.63. The molecule has 1 fully saturated rings. The van der Waals surface area contributed by atoms with E-state index in [1.54, 1.807) is 6.92 Å². The lowest BCUT2D eigenvalue weighted by molar-refractivity contribution is -0.126. The molecule has 0 spiro atoms. The van der Waals surface area contributed by atoms with E-state index in [9.17, 15) is 9.90 Å². The van der Waals surface area contributed by atoms with Gasteiger partial charge in [-0.1, -0.05) is 29.8 Å². The van der Waals surface area contributed by atoms with Gasteiger partial charge in [-0.05, 0) is 38.8 Å². The number of hydrogen-bond acceptors (Lipinski definition) is 2. The summed E-state index contributed by atoms with van der Waals surface area (Å²) in [5.41, 5.74) is 3.01. The fourth-order valence-electron chi connectivity index (χ4n) is 2.59. The van der Waals surface area contributed by atoms with Crippen molar-refractivity contribution in [2.75, 3.05) is 13.1 Å². The monoisotopic (exact) mass is 273 g/mol. The molecule has 2 atom stereocenters. The molecule has 0 aromatic heterocycles. The van der Waals surface area contributed by atoms with E-state index in [-0.39, 0.29) is 17.9 Å². The molecule has 0 saturated carbocycles. The van der Waals surface area contributed by atoms with Gasteiger partial charge in [0.1, 0.15) is 0 Å². The number of aliphatic hydroxyl groups excluding tert-OH is 1. The van der Waals surface area contributed by atoms with Crippen molar-refractivity contribution in [3.05, 3.63) is 41.0 Å². The van der Waals surface area contributed by atoms with E-state index in [2.05, 4.69) is 0 Å². The highest BCUT2D eigenvalue weighted by Gasteiger charge is 2.29. The zero-order valence-corrected chi connectivity index (χ0v) is 12.5. The first-order valence-corrected chi connectivity index (χ1v) is 7.19. The van der Waals surface area contributed by atoms with Crippen LogP contribution in [0, 0.1) is 12.8 Å². The molecule has 2 unspecified atom stereocenters. The lowest BCUT2D eigenvalue weighted by atomic mass is 10.0. The Morgan fingerprint density at radius 2 is 2.05 bits per heavy atom. The van der Waals surface area contributed by atoms with Crippen molar-refractivity contribution >= 4 is 12.0 Å². The Kier molecular flexibility index (Phi) is 4.61. The Morgan fingerprint density at radius 3 is 2.60 bits per heavy atom. The first kappa shape index (κ1) is 14.8. The number of rotatable bonds is 3. The van der Waals surface area contributed by atoms with Gasteiger partial charge in [-0.25, -0.2) is 0 Å². The molecule has 0 bridgehead atoms. The number of hydrogen-bond donors (Lipinski definition) is 1. The number of carbonyl (C=O) groups is 1. The molecule has 20 heavy (non-hydrogen) atoms. The van der Waals surface area contributed by atoms with Crippen molar-refractivity contribution in [1.29, 1.82) is 0 Å². The standard InChI is InChI=1S/C17H23NO2/c1-12-4-6-15(7-5-12)10-13(2)17(20)18-9-8-16(11-18)14(3)19/h4-7,10,14,16,19H,8-9,11H2,1-3H3/b13-10+. The number of likely N-dealkylation sites (tertiary alicyclic amines) is 1. The van der Waals surface area contributed by atoms with Crippen molar-refractivity contribution in [3.63, 3.8) is 0 Å². The van der Waals surface area contributed by atoms with E-state index in [0.29, 0.717) is 6.54 Å². The Labute approximate surface area is 120 Å². The number of aliphatic hydroxyl groups is 1. The minimum Gasteiger partial charge on any atom is -0.393 e. The van der Waals surface area contributed by atoms with Crippen LogP contribution in [0.4, 0.5) is 0 Å². The lowest BCUT2D eigenvalue weighted by Crippen LogP contribution is -2.30. The van der Waals surface area contributed by atoms with Gasteiger partial charge >= 0.3 is 0 Å². The topological polar surface area (TPSA) is 40.5 Å². The van der Waals surface area contributed by atoms with Crippen molar-refractivity contribution in [2.45, 2.75) is 33.3 Å². The summed E-state index contributed by atoms with van der Waals surface area (Å²) in [6.07, 6.45) is 2.48. The summed E-state index contributed by atoms with van der Waals surface area (Å²) in [5.74, 6) is 0.292. The summed E-state index contributed by atoms with van der Waals surface area (Å²) in [6.45, 7) is 7.11. The lowest BCUT2D eigenvalue weighted by Gasteiger charge is -2.18. The first-order valence-electron chi connectivity index (χ1n) is 7.19. The first-order chi connectivity index (χ1) is 9.47. The van der Waals surface area contributed by atoms with Gasteiger partial charge in [0.25, 0.3) is 0 Å². The highest BCUT2D eigenvalue weighted by Crippen LogP contribution is 2.21. The quantitative estimate of drug-likeness (QED) is 0.860. The molecule has 108 valence electrons. The van der Waals surface area contributed by atoms with Crippen LogP contribution in [-0.2, 0) is 4.79 Å². The zero-order chi connectivity index (χ0) is 14.7. The SMILES string of the molecule is C/C(=C\c1ccc(C)cc1)C(=O)N1CCC(C(C)O)C1. The molecular weight excluding hydrogens is 250 g/mol. The molecule has 0 aliphatic carbocycles. The van der Waals surface area contributed by atoms with Crippen LogP contribution in [0.2, 0.25) is 0 Å². The highest BCUT2D eigenvalue weighted by molar-refractivity contribution is 5.97. The molecular formula is C17H23NO2. The van der Waals surface area contributed by atoms with Crippen molar-refractivity contribution in [2.24, 2.45) is 5.92 Å². The zero-order valence-electron chi connectivity index (χ0n) is 12.5. The Morgan fingerprint density at radius 1 is 1.40 bits per heavy atom. The molecule has 0 radical (unpaired) electrons. The van der Waals surface area contributed by atoms with Crippen LogP contribution in [0.1, 0.15) is 31.4 Å². The van der Waals surface area contributed by atoms with E-state index < -0.39 is 0 Å². The largest absolute Gasteiger partial charge is 0.393 e. The Bertz CT molecular complexity index is 502. The molecule has 2 rings (SSSR count). The minimum atomic E-state index is -0.339. The average molecular weight is 273 g/mol. The third kappa shape index (κ3) is 3.48. The predicted molar refractivity (Wildman–Crippen MR) is 81.2 cm³/mol. The Hall–Kier alpha value is -1.61. The number of nitrogens with zero attached hydrogens (tertiary/aromatic N) is 1. The van der Waals surface area contributed by atoms with Crippen LogP contribution in [0.5, 0.6) is 0 Å². The second kappa shape index (κ2) is 6.23. The fourth-order valence-corrected chi connectivity index (χ4v) is 2.59. The fraction of sp³-hybridized carbons (Fsp3) is 0.471. The molecule has 1 aliphatic rings. The normalized spacial score (nSPS) is 21.1. The smallest absolute Gasteiger partial charge is 0.249 e. The number of aryl methyl sites for hydroxylation is 1. The van der Waals surface area contributed by atoms with E-state index >= 15 is 0 Å². The van der Waals surface area contributed by atoms with Crippen LogP contribution in [0.3, 0.4) is 0 Å². The molecule has 3 nitrogen and oxygen atoms in total. The van der Waals surface area contributed by atoms with Crippen LogP contribution in [0.15, 0.2) is 29.8 Å². The third-order valence-corrected chi connectivity index (χ3v) is 3.99. The minimum absolute atomic E-state index is 0.0775. The van der Waals surface area contributed by atoms with Crippen LogP contribution in [0.25, 0.3) is 6.08 Å². The van der Waals surface area contributed by atoms with Gasteiger partial charge in [-0.3, -0.25) is 4.79 Å². The van der Waals surface area contributed by atoms with Crippen molar-refractivity contribution in [1.82, 2.24) is 4.90 Å². The number of amides is 1. The second-order valence-corrected chi connectivity index (χ2v) is 5.78. The molecule has 1 saturated heterocycles. The average Bonchev–Trinajstić information content (AvgIpc) is 2.90. The summed E-state index contributed by atoms with van der Waals surface area (Å²) in [7, 11) is 0. The maximum atomic E-state index is 12.4. The van der Waals surface area contributed by atoms with Crippen LogP contribution < -0.4 is 0 Å². The van der Waals surface area contributed by atoms with Gasteiger partial charge in [0.05, 0.1) is 6.10 Å². The van der Waals surface area contributed by atoms with Gasteiger partial charge in [0, 0.05) is 24.6 Å². The summed E-state index contributed by atoms with van der Waals surface area (Å²) in [6, 6.07) is 8.13. The summed E-state index contributed by atoms with van der Waals surface area (Å²) >= 11 is 0. The van der Waals surface area contributed by atoms with Gasteiger partial charge in [0.15, 0.2) is 0 Å². The highest BCUT2D eigenvalue weighted by atomic mass is 16.3. The molecule has 1 aliphatic heterocycles. The third-order valence-electron chi connectivity index (χ3n) is 3.99. The molecule has 1 amide bonds. The summed E-state index contributed by atoms with van der Waals surface area (Å²) < 4.78 is 0. The molecule has 1 heterocycles. The Balaban J connectivity index is 2.04. The summed E-state index contributed by atoms with van der Waals surface area (Å²) in [5, 5.41) is 9.60. The number of carbonyl (C=O) groups excluding carboxylic acids is 1. The van der Waals surface area contributed by atoms with E-state index in [1.165, 1.54) is 5.56 Å². The molecule has 1 N–H and O–H groups in total. The van der Waals surface area contributed by atoms with E-state index in [4.69, 9.17) is 0 Å². The molecule has 1 aromatic carbocycles. The van der Waals surface area contributed by atoms with Gasteiger partial charge in [0.2, 0.25) is 5.91 Å². The van der Waals surface area contributed by atoms with Gasteiger partial charge in [-0.2, -0.15) is 0 Å². The summed E-state index contributed by atoms with van der Waals surface area (Å²) in [4.78, 5) is 14.2. The maximum Gasteiger partial charge on any atom is 0.249 e.